The smallest absolute Gasteiger partial charge is 0.235 e. The van der Waals surface area contributed by atoms with Gasteiger partial charge in [-0.2, -0.15) is 0 Å². The van der Waals surface area contributed by atoms with Gasteiger partial charge >= 0.3 is 0 Å². The number of hydrogen-bond donors (Lipinski definition) is 1. The zero-order valence-corrected chi connectivity index (χ0v) is 16.8. The first-order valence-corrected chi connectivity index (χ1v) is 11.1. The number of nitrogens with zero attached hydrogens (tertiary/aromatic N) is 1. The van der Waals surface area contributed by atoms with E-state index in [4.69, 9.17) is 4.74 Å². The predicted octanol–water partition coefficient (Wildman–Crippen LogP) is 2.80. The molecule has 0 aliphatic rings. The number of sulfone groups is 1. The predicted molar refractivity (Wildman–Crippen MR) is 103 cm³/mol. The third-order valence-electron chi connectivity index (χ3n) is 3.81. The summed E-state index contributed by atoms with van der Waals surface area (Å²) in [5.74, 6) is -0.287. The highest BCUT2D eigenvalue weighted by Gasteiger charge is 2.21. The summed E-state index contributed by atoms with van der Waals surface area (Å²) in [5.41, 5.74) is 0.436. The molecule has 1 atom stereocenters. The summed E-state index contributed by atoms with van der Waals surface area (Å²) in [4.78, 5) is 16.2. The number of thiazole rings is 1. The summed E-state index contributed by atoms with van der Waals surface area (Å²) < 4.78 is 30.0. The number of amides is 1. The summed E-state index contributed by atoms with van der Waals surface area (Å²) in [7, 11) is -3.57. The fourth-order valence-electron chi connectivity index (χ4n) is 2.08. The van der Waals surface area contributed by atoms with Gasteiger partial charge in [0.1, 0.15) is 23.1 Å². The average molecular weight is 397 g/mol. The molecule has 2 aromatic rings. The van der Waals surface area contributed by atoms with Gasteiger partial charge in [0, 0.05) is 11.4 Å². The van der Waals surface area contributed by atoms with Gasteiger partial charge < -0.3 is 10.1 Å². The lowest BCUT2D eigenvalue weighted by Gasteiger charge is -2.17. The fourth-order valence-corrected chi connectivity index (χ4v) is 4.08. The molecular weight excluding hydrogens is 372 g/mol. The molecule has 1 unspecified atom stereocenters. The van der Waals surface area contributed by atoms with Crippen LogP contribution in [0.3, 0.4) is 0 Å². The number of hydrogen-bond acceptors (Lipinski definition) is 6. The molecule has 0 bridgehead atoms. The van der Waals surface area contributed by atoms with Gasteiger partial charge in [0.05, 0.1) is 11.4 Å². The van der Waals surface area contributed by atoms with Crippen LogP contribution in [0.4, 0.5) is 0 Å². The lowest BCUT2D eigenvalue weighted by atomic mass is 10.1. The van der Waals surface area contributed by atoms with Crippen LogP contribution in [0.5, 0.6) is 5.75 Å². The van der Waals surface area contributed by atoms with Gasteiger partial charge in [-0.15, -0.1) is 11.3 Å². The maximum Gasteiger partial charge on any atom is 0.235 e. The molecule has 0 fully saturated rings. The molecule has 26 heavy (non-hydrogen) atoms. The molecule has 0 aliphatic carbocycles. The minimum Gasteiger partial charge on any atom is -0.486 e. The Morgan fingerprint density at radius 2 is 1.92 bits per heavy atom. The van der Waals surface area contributed by atoms with E-state index < -0.39 is 21.5 Å². The number of aromatic nitrogens is 1. The van der Waals surface area contributed by atoms with Crippen molar-refractivity contribution >= 4 is 27.1 Å². The Hall–Kier alpha value is -1.93. The molecular formula is C18H24N2O4S2. The maximum absolute atomic E-state index is 12.2. The molecule has 0 saturated heterocycles. The third-order valence-corrected chi connectivity index (χ3v) is 6.12. The summed E-state index contributed by atoms with van der Waals surface area (Å²) in [6.07, 6.45) is 0. The molecule has 0 saturated carbocycles. The van der Waals surface area contributed by atoms with E-state index >= 15 is 0 Å². The van der Waals surface area contributed by atoms with Gasteiger partial charge in [0.15, 0.2) is 9.84 Å². The Morgan fingerprint density at radius 1 is 1.23 bits per heavy atom. The van der Waals surface area contributed by atoms with Crippen molar-refractivity contribution in [3.63, 3.8) is 0 Å². The SMILES string of the molecule is CC(C)C(C)NC(=O)CS(=O)(=O)Cc1csc(COc2ccccc2)n1. The van der Waals surface area contributed by atoms with Gasteiger partial charge in [-0.3, -0.25) is 4.79 Å². The van der Waals surface area contributed by atoms with Crippen molar-refractivity contribution in [2.75, 3.05) is 5.75 Å². The highest BCUT2D eigenvalue weighted by atomic mass is 32.2. The summed E-state index contributed by atoms with van der Waals surface area (Å²) >= 11 is 1.34. The van der Waals surface area contributed by atoms with Crippen LogP contribution < -0.4 is 10.1 Å². The second-order valence-electron chi connectivity index (χ2n) is 6.47. The van der Waals surface area contributed by atoms with Crippen molar-refractivity contribution < 1.29 is 17.9 Å². The first kappa shape index (κ1) is 20.4. The van der Waals surface area contributed by atoms with Crippen molar-refractivity contribution in [2.45, 2.75) is 39.2 Å². The number of carbonyl (C=O) groups excluding carboxylic acids is 1. The molecule has 0 aliphatic heterocycles. The number of rotatable bonds is 9. The van der Waals surface area contributed by atoms with Crippen LogP contribution in [-0.4, -0.2) is 31.1 Å². The number of ether oxygens (including phenoxy) is 1. The van der Waals surface area contributed by atoms with Gasteiger partial charge in [-0.1, -0.05) is 32.0 Å². The monoisotopic (exact) mass is 396 g/mol. The first-order valence-electron chi connectivity index (χ1n) is 8.36. The van der Waals surface area contributed by atoms with Crippen LogP contribution in [0.25, 0.3) is 0 Å². The van der Waals surface area contributed by atoms with Crippen LogP contribution in [0.15, 0.2) is 35.7 Å². The molecule has 1 heterocycles. The lowest BCUT2D eigenvalue weighted by Crippen LogP contribution is -2.39. The van der Waals surface area contributed by atoms with Crippen molar-refractivity contribution in [2.24, 2.45) is 5.92 Å². The van der Waals surface area contributed by atoms with E-state index in [0.717, 1.165) is 5.75 Å². The van der Waals surface area contributed by atoms with Crippen LogP contribution >= 0.6 is 11.3 Å². The second kappa shape index (κ2) is 9.14. The molecule has 1 aromatic carbocycles. The van der Waals surface area contributed by atoms with Gasteiger partial charge in [0.25, 0.3) is 0 Å². The highest BCUT2D eigenvalue weighted by Crippen LogP contribution is 2.16. The molecule has 2 rings (SSSR count). The van der Waals surface area contributed by atoms with Crippen molar-refractivity contribution in [1.29, 1.82) is 0 Å². The number of benzene rings is 1. The molecule has 1 aromatic heterocycles. The molecule has 142 valence electrons. The zero-order valence-electron chi connectivity index (χ0n) is 15.1. The summed E-state index contributed by atoms with van der Waals surface area (Å²) in [6.45, 7) is 6.07. The minimum atomic E-state index is -3.57. The minimum absolute atomic E-state index is 0.0706. The summed E-state index contributed by atoms with van der Waals surface area (Å²) in [5, 5.41) is 5.09. The van der Waals surface area contributed by atoms with Crippen LogP contribution in [0.1, 0.15) is 31.5 Å². The van der Waals surface area contributed by atoms with Crippen molar-refractivity contribution in [3.05, 3.63) is 46.4 Å². The van der Waals surface area contributed by atoms with Gasteiger partial charge in [-0.05, 0) is 25.0 Å². The van der Waals surface area contributed by atoms with Crippen molar-refractivity contribution in [3.8, 4) is 5.75 Å². The third kappa shape index (κ3) is 6.76. The Kier molecular flexibility index (Phi) is 7.16. The Bertz CT molecular complexity index is 817. The Balaban J connectivity index is 1.87. The van der Waals surface area contributed by atoms with E-state index in [1.807, 2.05) is 51.1 Å². The van der Waals surface area contributed by atoms with E-state index in [1.165, 1.54) is 11.3 Å². The van der Waals surface area contributed by atoms with Crippen LogP contribution in [-0.2, 0) is 27.0 Å². The highest BCUT2D eigenvalue weighted by molar-refractivity contribution is 7.91. The fraction of sp³-hybridized carbons (Fsp3) is 0.444. The molecule has 8 heteroatoms. The molecule has 1 amide bonds. The quantitative estimate of drug-likeness (QED) is 0.704. The van der Waals surface area contributed by atoms with E-state index in [9.17, 15) is 13.2 Å². The van der Waals surface area contributed by atoms with Crippen LogP contribution in [0, 0.1) is 5.92 Å². The Labute approximate surface area is 158 Å². The van der Waals surface area contributed by atoms with E-state index in [2.05, 4.69) is 10.3 Å². The number of para-hydroxylation sites is 1. The lowest BCUT2D eigenvalue weighted by molar-refractivity contribution is -0.119. The first-order chi connectivity index (χ1) is 12.2. The molecule has 1 N–H and O–H groups in total. The number of nitrogens with one attached hydrogen (secondary N) is 1. The standard InChI is InChI=1S/C18H24N2O4S2/c1-13(2)14(3)19-17(21)12-26(22,23)11-15-10-25-18(20-15)9-24-16-7-5-4-6-8-16/h4-8,10,13-14H,9,11-12H2,1-3H3,(H,19,21). The van der Waals surface area contributed by atoms with Crippen LogP contribution in [0.2, 0.25) is 0 Å². The molecule has 0 spiro atoms. The zero-order chi connectivity index (χ0) is 19.2. The molecule has 6 nitrogen and oxygen atoms in total. The largest absolute Gasteiger partial charge is 0.486 e. The maximum atomic E-state index is 12.2. The Morgan fingerprint density at radius 3 is 2.58 bits per heavy atom. The second-order valence-corrected chi connectivity index (χ2v) is 9.47. The topological polar surface area (TPSA) is 85.4 Å². The molecule has 0 radical (unpaired) electrons. The van der Waals surface area contributed by atoms with Crippen molar-refractivity contribution in [1.82, 2.24) is 10.3 Å². The van der Waals surface area contributed by atoms with Gasteiger partial charge in [0.2, 0.25) is 5.91 Å². The number of carbonyl (C=O) groups is 1. The normalized spacial score (nSPS) is 12.8. The van der Waals surface area contributed by atoms with E-state index in [-0.39, 0.29) is 24.3 Å². The van der Waals surface area contributed by atoms with Gasteiger partial charge in [-0.25, -0.2) is 13.4 Å². The average Bonchev–Trinajstić information content (AvgIpc) is 2.99. The summed E-state index contributed by atoms with van der Waals surface area (Å²) in [6, 6.07) is 9.27. The van der Waals surface area contributed by atoms with E-state index in [0.29, 0.717) is 10.7 Å². The van der Waals surface area contributed by atoms with E-state index in [1.54, 1.807) is 5.38 Å².